The summed E-state index contributed by atoms with van der Waals surface area (Å²) in [6.07, 6.45) is 0. The third-order valence-electron chi connectivity index (χ3n) is 2.71. The van der Waals surface area contributed by atoms with E-state index in [9.17, 15) is 12.8 Å². The summed E-state index contributed by atoms with van der Waals surface area (Å²) in [6.45, 7) is 0.0784. The number of hydrogen-bond acceptors (Lipinski definition) is 3. The molecule has 0 saturated heterocycles. The average Bonchev–Trinajstić information content (AvgIpc) is 2.41. The van der Waals surface area contributed by atoms with E-state index in [2.05, 4.69) is 4.72 Å². The van der Waals surface area contributed by atoms with Crippen LogP contribution in [0.15, 0.2) is 41.3 Å². The lowest BCUT2D eigenvalue weighted by atomic mass is 10.2. The molecule has 3 N–H and O–H groups in total. The molecular formula is C13H11Cl2FN2O2S. The summed E-state index contributed by atoms with van der Waals surface area (Å²) in [7, 11) is -3.92. The van der Waals surface area contributed by atoms with Gasteiger partial charge in [0.05, 0.1) is 5.02 Å². The van der Waals surface area contributed by atoms with Gasteiger partial charge in [-0.15, -0.1) is 0 Å². The van der Waals surface area contributed by atoms with E-state index in [0.717, 1.165) is 12.1 Å². The number of halogens is 3. The fraction of sp³-hybridized carbons (Fsp3) is 0.0769. The molecule has 8 heteroatoms. The summed E-state index contributed by atoms with van der Waals surface area (Å²) in [4.78, 5) is -0.140. The van der Waals surface area contributed by atoms with Gasteiger partial charge in [-0.3, -0.25) is 4.72 Å². The van der Waals surface area contributed by atoms with Crippen molar-refractivity contribution in [3.8, 4) is 0 Å². The van der Waals surface area contributed by atoms with Crippen LogP contribution in [0.25, 0.3) is 0 Å². The van der Waals surface area contributed by atoms with Gasteiger partial charge in [0.1, 0.15) is 10.7 Å². The van der Waals surface area contributed by atoms with Gasteiger partial charge < -0.3 is 5.73 Å². The van der Waals surface area contributed by atoms with Crippen molar-refractivity contribution < 1.29 is 12.8 Å². The van der Waals surface area contributed by atoms with Gasteiger partial charge in [-0.05, 0) is 42.0 Å². The monoisotopic (exact) mass is 348 g/mol. The number of benzene rings is 2. The first-order valence-corrected chi connectivity index (χ1v) is 8.04. The second-order valence-corrected chi connectivity index (χ2v) is 6.66. The predicted molar refractivity (Wildman–Crippen MR) is 81.6 cm³/mol. The summed E-state index contributed by atoms with van der Waals surface area (Å²) in [5.41, 5.74) is 6.18. The molecule has 0 fully saturated rings. The van der Waals surface area contributed by atoms with E-state index in [1.54, 1.807) is 0 Å². The minimum Gasteiger partial charge on any atom is -0.326 e. The predicted octanol–water partition coefficient (Wildman–Crippen LogP) is 3.39. The van der Waals surface area contributed by atoms with Crippen molar-refractivity contribution >= 4 is 38.9 Å². The van der Waals surface area contributed by atoms with Crippen molar-refractivity contribution in [1.82, 2.24) is 0 Å². The third kappa shape index (κ3) is 3.65. The van der Waals surface area contributed by atoms with Crippen LogP contribution in [0.4, 0.5) is 10.1 Å². The Balaban J connectivity index is 2.42. The summed E-state index contributed by atoms with van der Waals surface area (Å²) >= 11 is 11.8. The van der Waals surface area contributed by atoms with Crippen LogP contribution in [-0.4, -0.2) is 8.42 Å². The highest BCUT2D eigenvalue weighted by Gasteiger charge is 2.20. The van der Waals surface area contributed by atoms with E-state index in [-0.39, 0.29) is 22.2 Å². The molecule has 0 aliphatic rings. The molecule has 21 heavy (non-hydrogen) atoms. The third-order valence-corrected chi connectivity index (χ3v) is 4.90. The Labute approximate surface area is 131 Å². The van der Waals surface area contributed by atoms with Crippen LogP contribution in [0.1, 0.15) is 5.56 Å². The van der Waals surface area contributed by atoms with Gasteiger partial charge in [0, 0.05) is 17.3 Å². The molecule has 0 unspecified atom stereocenters. The van der Waals surface area contributed by atoms with Crippen LogP contribution in [0, 0.1) is 5.82 Å². The molecule has 0 atom stereocenters. The Morgan fingerprint density at radius 1 is 1.10 bits per heavy atom. The van der Waals surface area contributed by atoms with E-state index in [1.807, 2.05) is 0 Å². The van der Waals surface area contributed by atoms with Crippen molar-refractivity contribution in [2.75, 3.05) is 4.72 Å². The highest BCUT2D eigenvalue weighted by atomic mass is 35.5. The molecule has 0 spiro atoms. The Morgan fingerprint density at radius 2 is 1.71 bits per heavy atom. The number of rotatable bonds is 4. The van der Waals surface area contributed by atoms with Crippen LogP contribution >= 0.6 is 23.2 Å². The Hall–Kier alpha value is -1.34. The first kappa shape index (κ1) is 16.0. The fourth-order valence-corrected chi connectivity index (χ4v) is 3.60. The number of hydrogen-bond donors (Lipinski definition) is 2. The van der Waals surface area contributed by atoms with E-state index in [1.165, 1.54) is 24.3 Å². The molecule has 2 rings (SSSR count). The minimum absolute atomic E-state index is 0.0215. The summed E-state index contributed by atoms with van der Waals surface area (Å²) < 4.78 is 39.8. The number of nitrogens with one attached hydrogen (secondary N) is 1. The fourth-order valence-electron chi connectivity index (χ4n) is 1.66. The molecule has 4 nitrogen and oxygen atoms in total. The van der Waals surface area contributed by atoms with Gasteiger partial charge >= 0.3 is 0 Å². The Morgan fingerprint density at radius 3 is 2.29 bits per heavy atom. The van der Waals surface area contributed by atoms with E-state index < -0.39 is 15.8 Å². The van der Waals surface area contributed by atoms with Crippen LogP contribution in [0.3, 0.4) is 0 Å². The number of nitrogens with two attached hydrogens (primary N) is 1. The van der Waals surface area contributed by atoms with Gasteiger partial charge in [-0.1, -0.05) is 23.2 Å². The van der Waals surface area contributed by atoms with Gasteiger partial charge in [0.2, 0.25) is 0 Å². The largest absolute Gasteiger partial charge is 0.326 e. The number of anilines is 1. The molecule has 2 aromatic rings. The van der Waals surface area contributed by atoms with Crippen LogP contribution in [-0.2, 0) is 16.6 Å². The molecule has 0 saturated carbocycles. The van der Waals surface area contributed by atoms with E-state index >= 15 is 0 Å². The molecular weight excluding hydrogens is 338 g/mol. The van der Waals surface area contributed by atoms with E-state index in [4.69, 9.17) is 28.9 Å². The van der Waals surface area contributed by atoms with E-state index in [0.29, 0.717) is 10.6 Å². The maximum atomic E-state index is 12.8. The van der Waals surface area contributed by atoms with Gasteiger partial charge in [0.25, 0.3) is 10.0 Å². The average molecular weight is 349 g/mol. The van der Waals surface area contributed by atoms with Crippen LogP contribution in [0.5, 0.6) is 0 Å². The first-order chi connectivity index (χ1) is 9.83. The standard InChI is InChI=1S/C13H11Cl2FN2O2S/c14-11-6-12(15)13(5-8(11)7-17)21(19,20)18-10-3-1-9(16)2-4-10/h1-6,18H,7,17H2. The molecule has 0 radical (unpaired) electrons. The normalized spacial score (nSPS) is 11.4. The Bertz CT molecular complexity index is 764. The minimum atomic E-state index is -3.92. The summed E-state index contributed by atoms with van der Waals surface area (Å²) in [5.74, 6) is -0.465. The van der Waals surface area contributed by atoms with Crippen molar-refractivity contribution in [1.29, 1.82) is 0 Å². The lowest BCUT2D eigenvalue weighted by Crippen LogP contribution is -2.14. The van der Waals surface area contributed by atoms with Crippen LogP contribution in [0.2, 0.25) is 10.0 Å². The highest BCUT2D eigenvalue weighted by molar-refractivity contribution is 7.92. The molecule has 0 aliphatic carbocycles. The van der Waals surface area contributed by atoms with Gasteiger partial charge in [-0.2, -0.15) is 0 Å². The second kappa shape index (κ2) is 6.19. The molecule has 2 aromatic carbocycles. The maximum Gasteiger partial charge on any atom is 0.263 e. The summed E-state index contributed by atoms with van der Waals surface area (Å²) in [5, 5.41) is 0.273. The molecule has 0 bridgehead atoms. The lowest BCUT2D eigenvalue weighted by molar-refractivity contribution is 0.601. The first-order valence-electron chi connectivity index (χ1n) is 5.80. The topological polar surface area (TPSA) is 72.2 Å². The zero-order valence-corrected chi connectivity index (χ0v) is 12.9. The van der Waals surface area contributed by atoms with Crippen molar-refractivity contribution in [3.63, 3.8) is 0 Å². The Kier molecular flexibility index (Phi) is 4.73. The van der Waals surface area contributed by atoms with Crippen molar-refractivity contribution in [2.24, 2.45) is 5.73 Å². The zero-order chi connectivity index (χ0) is 15.6. The summed E-state index contributed by atoms with van der Waals surface area (Å²) in [6, 6.07) is 7.54. The number of sulfonamides is 1. The second-order valence-electron chi connectivity index (χ2n) is 4.19. The smallest absolute Gasteiger partial charge is 0.263 e. The molecule has 0 aliphatic heterocycles. The SMILES string of the molecule is NCc1cc(S(=O)(=O)Nc2ccc(F)cc2)c(Cl)cc1Cl. The zero-order valence-electron chi connectivity index (χ0n) is 10.6. The van der Waals surface area contributed by atoms with Crippen LogP contribution < -0.4 is 10.5 Å². The maximum absolute atomic E-state index is 12.8. The highest BCUT2D eigenvalue weighted by Crippen LogP contribution is 2.29. The molecule has 0 aromatic heterocycles. The van der Waals surface area contributed by atoms with Crippen molar-refractivity contribution in [3.05, 3.63) is 57.8 Å². The molecule has 0 heterocycles. The molecule has 0 amide bonds. The molecule has 112 valence electrons. The van der Waals surface area contributed by atoms with Gasteiger partial charge in [-0.25, -0.2) is 12.8 Å². The van der Waals surface area contributed by atoms with Gasteiger partial charge in [0.15, 0.2) is 0 Å². The van der Waals surface area contributed by atoms with Crippen molar-refractivity contribution in [2.45, 2.75) is 11.4 Å². The lowest BCUT2D eigenvalue weighted by Gasteiger charge is -2.11. The quantitative estimate of drug-likeness (QED) is 0.889.